The number of hydrogen-bond acceptors (Lipinski definition) is 0. The molecule has 0 aliphatic carbocycles. The Morgan fingerprint density at radius 3 is 2.06 bits per heavy atom. The van der Waals surface area contributed by atoms with Crippen molar-refractivity contribution in [2.75, 3.05) is 0 Å². The summed E-state index contributed by atoms with van der Waals surface area (Å²) in [7, 11) is 0. The van der Waals surface area contributed by atoms with Gasteiger partial charge in [0.2, 0.25) is 0 Å². The van der Waals surface area contributed by atoms with E-state index in [-0.39, 0.29) is 5.83 Å². The van der Waals surface area contributed by atoms with Crippen LogP contribution in [0.5, 0.6) is 0 Å². The van der Waals surface area contributed by atoms with E-state index < -0.39 is 0 Å². The fraction of sp³-hybridized carbons (Fsp3) is 0.0667. The maximum atomic E-state index is 13.7. The number of hydrogen-bond donors (Lipinski definition) is 0. The molecular weight excluding hydrogens is 199 g/mol. The molecule has 0 heterocycles. The van der Waals surface area contributed by atoms with Gasteiger partial charge in [-0.2, -0.15) is 0 Å². The van der Waals surface area contributed by atoms with Gasteiger partial charge < -0.3 is 0 Å². The first-order valence-corrected chi connectivity index (χ1v) is 5.31. The van der Waals surface area contributed by atoms with Crippen LogP contribution >= 0.6 is 0 Å². The Balaban J connectivity index is 2.09. The van der Waals surface area contributed by atoms with Gasteiger partial charge in [-0.1, -0.05) is 60.7 Å². The molecule has 0 aliphatic heterocycles. The molecule has 0 aliphatic rings. The Bertz CT molecular complexity index is 457. The van der Waals surface area contributed by atoms with Crippen molar-refractivity contribution in [1.82, 2.24) is 0 Å². The molecule has 0 spiro atoms. The molecule has 80 valence electrons. The molecule has 0 amide bonds. The lowest BCUT2D eigenvalue weighted by Crippen LogP contribution is -1.82. The zero-order valence-electron chi connectivity index (χ0n) is 8.94. The van der Waals surface area contributed by atoms with E-state index >= 15 is 0 Å². The van der Waals surface area contributed by atoms with E-state index in [1.165, 1.54) is 0 Å². The Kier molecular flexibility index (Phi) is 3.50. The van der Waals surface area contributed by atoms with E-state index in [2.05, 4.69) is 0 Å². The van der Waals surface area contributed by atoms with Gasteiger partial charge in [-0.15, -0.1) is 0 Å². The van der Waals surface area contributed by atoms with Gasteiger partial charge in [0.1, 0.15) is 5.83 Å². The lowest BCUT2D eigenvalue weighted by Gasteiger charge is -1.98. The van der Waals surface area contributed by atoms with Crippen LogP contribution < -0.4 is 0 Å². The van der Waals surface area contributed by atoms with Crippen molar-refractivity contribution < 1.29 is 4.39 Å². The van der Waals surface area contributed by atoms with Gasteiger partial charge in [0.15, 0.2) is 0 Å². The molecule has 2 rings (SSSR count). The first-order chi connectivity index (χ1) is 7.86. The molecule has 2 aromatic rings. The number of benzene rings is 2. The third-order valence-corrected chi connectivity index (χ3v) is 2.41. The number of allylic oxidation sites excluding steroid dienone is 1. The van der Waals surface area contributed by atoms with Gasteiger partial charge in [0.25, 0.3) is 0 Å². The van der Waals surface area contributed by atoms with Crippen molar-refractivity contribution >= 4 is 5.83 Å². The first-order valence-electron chi connectivity index (χ1n) is 5.31. The SMILES string of the molecule is F/C(=C\Cc1ccccc1)c1ccccc1. The summed E-state index contributed by atoms with van der Waals surface area (Å²) in [5.74, 6) is -0.163. The molecule has 0 nitrogen and oxygen atoms in total. The molecule has 0 saturated carbocycles. The van der Waals surface area contributed by atoms with E-state index in [0.717, 1.165) is 5.56 Å². The minimum absolute atomic E-state index is 0.163. The van der Waals surface area contributed by atoms with Crippen molar-refractivity contribution in [3.05, 3.63) is 77.9 Å². The molecule has 0 N–H and O–H groups in total. The monoisotopic (exact) mass is 212 g/mol. The van der Waals surface area contributed by atoms with Crippen LogP contribution in [-0.2, 0) is 6.42 Å². The highest BCUT2D eigenvalue weighted by atomic mass is 19.1. The van der Waals surface area contributed by atoms with E-state index in [1.54, 1.807) is 18.2 Å². The van der Waals surface area contributed by atoms with Crippen molar-refractivity contribution in [3.8, 4) is 0 Å². The van der Waals surface area contributed by atoms with Gasteiger partial charge in [-0.25, -0.2) is 4.39 Å². The third-order valence-electron chi connectivity index (χ3n) is 2.41. The summed E-state index contributed by atoms with van der Waals surface area (Å²) in [6.45, 7) is 0. The molecule has 0 saturated heterocycles. The van der Waals surface area contributed by atoms with Gasteiger partial charge in [-0.3, -0.25) is 0 Å². The van der Waals surface area contributed by atoms with Gasteiger partial charge in [0.05, 0.1) is 0 Å². The smallest absolute Gasteiger partial charge is 0.126 e. The van der Waals surface area contributed by atoms with Gasteiger partial charge >= 0.3 is 0 Å². The first kappa shape index (κ1) is 10.6. The molecular formula is C15H13F. The van der Waals surface area contributed by atoms with E-state index in [0.29, 0.717) is 12.0 Å². The second-order valence-corrected chi connectivity index (χ2v) is 3.61. The summed E-state index contributed by atoms with van der Waals surface area (Å²) in [6.07, 6.45) is 2.24. The summed E-state index contributed by atoms with van der Waals surface area (Å²) in [5.41, 5.74) is 1.76. The zero-order chi connectivity index (χ0) is 11.2. The predicted molar refractivity (Wildman–Crippen MR) is 65.7 cm³/mol. The summed E-state index contributed by atoms with van der Waals surface area (Å²) in [4.78, 5) is 0. The summed E-state index contributed by atoms with van der Waals surface area (Å²) >= 11 is 0. The second kappa shape index (κ2) is 5.26. The fourth-order valence-corrected chi connectivity index (χ4v) is 1.54. The Labute approximate surface area is 95.1 Å². The van der Waals surface area contributed by atoms with Crippen LogP contribution in [0.25, 0.3) is 5.83 Å². The van der Waals surface area contributed by atoms with Crippen LogP contribution in [0.3, 0.4) is 0 Å². The van der Waals surface area contributed by atoms with Crippen LogP contribution in [0.1, 0.15) is 11.1 Å². The molecule has 1 heteroatoms. The molecule has 0 bridgehead atoms. The van der Waals surface area contributed by atoms with Crippen LogP contribution in [0.4, 0.5) is 4.39 Å². The van der Waals surface area contributed by atoms with Crippen molar-refractivity contribution in [2.45, 2.75) is 6.42 Å². The van der Waals surface area contributed by atoms with Gasteiger partial charge in [-0.05, 0) is 18.1 Å². The van der Waals surface area contributed by atoms with Crippen LogP contribution in [0.2, 0.25) is 0 Å². The highest BCUT2D eigenvalue weighted by molar-refractivity contribution is 5.58. The maximum Gasteiger partial charge on any atom is 0.126 e. The zero-order valence-corrected chi connectivity index (χ0v) is 8.94. The topological polar surface area (TPSA) is 0 Å². The van der Waals surface area contributed by atoms with E-state index in [9.17, 15) is 4.39 Å². The molecule has 0 aromatic heterocycles. The molecule has 16 heavy (non-hydrogen) atoms. The molecule has 2 aromatic carbocycles. The van der Waals surface area contributed by atoms with Crippen molar-refractivity contribution in [2.24, 2.45) is 0 Å². The van der Waals surface area contributed by atoms with E-state index in [4.69, 9.17) is 0 Å². The number of rotatable bonds is 3. The third kappa shape index (κ3) is 2.80. The predicted octanol–water partition coefficient (Wildman–Crippen LogP) is 4.24. The van der Waals surface area contributed by atoms with Crippen LogP contribution in [-0.4, -0.2) is 0 Å². The van der Waals surface area contributed by atoms with Crippen LogP contribution in [0, 0.1) is 0 Å². The molecule has 0 unspecified atom stereocenters. The van der Waals surface area contributed by atoms with E-state index in [1.807, 2.05) is 48.5 Å². The highest BCUT2D eigenvalue weighted by Gasteiger charge is 1.97. The highest BCUT2D eigenvalue weighted by Crippen LogP contribution is 2.16. The normalized spacial score (nSPS) is 11.4. The van der Waals surface area contributed by atoms with Crippen molar-refractivity contribution in [3.63, 3.8) is 0 Å². The number of halogens is 1. The Morgan fingerprint density at radius 2 is 1.44 bits per heavy atom. The standard InChI is InChI=1S/C15H13F/c16-15(14-9-5-2-6-10-14)12-11-13-7-3-1-4-8-13/h1-10,12H,11H2/b15-12-. The Hall–Kier alpha value is -1.89. The maximum absolute atomic E-state index is 13.7. The average molecular weight is 212 g/mol. The minimum Gasteiger partial charge on any atom is -0.207 e. The van der Waals surface area contributed by atoms with Crippen LogP contribution in [0.15, 0.2) is 66.7 Å². The summed E-state index contributed by atoms with van der Waals surface area (Å²) in [6, 6.07) is 19.0. The quantitative estimate of drug-likeness (QED) is 0.713. The fourth-order valence-electron chi connectivity index (χ4n) is 1.54. The van der Waals surface area contributed by atoms with Crippen molar-refractivity contribution in [1.29, 1.82) is 0 Å². The Morgan fingerprint density at radius 1 is 0.875 bits per heavy atom. The second-order valence-electron chi connectivity index (χ2n) is 3.61. The lowest BCUT2D eigenvalue weighted by molar-refractivity contribution is 0.756. The summed E-state index contributed by atoms with van der Waals surface area (Å²) < 4.78 is 13.7. The molecule has 0 atom stereocenters. The van der Waals surface area contributed by atoms with Gasteiger partial charge in [0, 0.05) is 5.56 Å². The summed E-state index contributed by atoms with van der Waals surface area (Å²) in [5, 5.41) is 0. The average Bonchev–Trinajstić information content (AvgIpc) is 2.38. The minimum atomic E-state index is -0.163. The lowest BCUT2D eigenvalue weighted by atomic mass is 10.1. The molecule has 0 radical (unpaired) electrons. The largest absolute Gasteiger partial charge is 0.207 e. The molecule has 0 fully saturated rings.